The highest BCUT2D eigenvalue weighted by Gasteiger charge is 2.21. The van der Waals surface area contributed by atoms with Crippen LogP contribution in [-0.4, -0.2) is 63.1 Å². The molecule has 0 saturated carbocycles. The second-order valence-corrected chi connectivity index (χ2v) is 8.04. The molecule has 6 heteroatoms. The van der Waals surface area contributed by atoms with E-state index in [4.69, 9.17) is 0 Å². The zero-order valence-corrected chi connectivity index (χ0v) is 14.1. The first-order valence-electron chi connectivity index (χ1n) is 7.67. The van der Waals surface area contributed by atoms with Gasteiger partial charge in [0.05, 0.1) is 5.75 Å². The van der Waals surface area contributed by atoms with Gasteiger partial charge in [0.15, 0.2) is 9.84 Å². The van der Waals surface area contributed by atoms with Gasteiger partial charge in [0.2, 0.25) is 0 Å². The third kappa shape index (κ3) is 4.81. The Hall–Kier alpha value is -1.40. The summed E-state index contributed by atoms with van der Waals surface area (Å²) in [5, 5.41) is 0. The summed E-state index contributed by atoms with van der Waals surface area (Å²) in [6, 6.07) is 6.89. The first-order valence-corrected chi connectivity index (χ1v) is 9.73. The molecule has 1 aliphatic rings. The molecule has 1 aromatic carbocycles. The number of carbonyl (C=O) groups is 1. The van der Waals surface area contributed by atoms with E-state index in [0.29, 0.717) is 11.1 Å². The van der Waals surface area contributed by atoms with Crippen LogP contribution >= 0.6 is 0 Å². The molecule has 0 radical (unpaired) electrons. The topological polar surface area (TPSA) is 57.7 Å². The molecule has 1 aliphatic heterocycles. The van der Waals surface area contributed by atoms with Gasteiger partial charge in [-0.2, -0.15) is 0 Å². The molecule has 0 spiro atoms. The molecule has 0 atom stereocenters. The standard InChI is InChI=1S/C16H24N2O3S/c1-3-8-17-9-11-18(12-10-17)16(19)15-6-4-14(5-7-15)13-22(2,20)21/h4-7H,3,8-13H2,1-2H3. The van der Waals surface area contributed by atoms with Crippen LogP contribution in [0.1, 0.15) is 29.3 Å². The van der Waals surface area contributed by atoms with Crippen LogP contribution in [0.5, 0.6) is 0 Å². The van der Waals surface area contributed by atoms with Crippen molar-refractivity contribution >= 4 is 15.7 Å². The van der Waals surface area contributed by atoms with Crippen molar-refractivity contribution in [3.8, 4) is 0 Å². The van der Waals surface area contributed by atoms with Gasteiger partial charge in [-0.1, -0.05) is 19.1 Å². The van der Waals surface area contributed by atoms with Gasteiger partial charge in [0.25, 0.3) is 5.91 Å². The SMILES string of the molecule is CCCN1CCN(C(=O)c2ccc(CS(C)(=O)=O)cc2)CC1. The Morgan fingerprint density at radius 2 is 1.68 bits per heavy atom. The average Bonchev–Trinajstić information content (AvgIpc) is 2.47. The fraction of sp³-hybridized carbons (Fsp3) is 0.562. The summed E-state index contributed by atoms with van der Waals surface area (Å²) in [5.41, 5.74) is 1.34. The lowest BCUT2D eigenvalue weighted by Crippen LogP contribution is -2.48. The van der Waals surface area contributed by atoms with Crippen molar-refractivity contribution in [2.45, 2.75) is 19.1 Å². The number of sulfone groups is 1. The van der Waals surface area contributed by atoms with Crippen molar-refractivity contribution in [3.63, 3.8) is 0 Å². The first-order chi connectivity index (χ1) is 10.4. The van der Waals surface area contributed by atoms with E-state index in [1.54, 1.807) is 24.3 Å². The Balaban J connectivity index is 1.96. The zero-order valence-electron chi connectivity index (χ0n) is 13.3. The number of amides is 1. The average molecular weight is 324 g/mol. The molecule has 0 unspecified atom stereocenters. The molecule has 0 N–H and O–H groups in total. The van der Waals surface area contributed by atoms with Crippen molar-refractivity contribution < 1.29 is 13.2 Å². The monoisotopic (exact) mass is 324 g/mol. The van der Waals surface area contributed by atoms with Gasteiger partial charge in [0.1, 0.15) is 0 Å². The van der Waals surface area contributed by atoms with E-state index in [-0.39, 0.29) is 11.7 Å². The first kappa shape index (κ1) is 17.0. The van der Waals surface area contributed by atoms with Gasteiger partial charge >= 0.3 is 0 Å². The summed E-state index contributed by atoms with van der Waals surface area (Å²) >= 11 is 0. The van der Waals surface area contributed by atoms with Gasteiger partial charge in [-0.25, -0.2) is 8.42 Å². The molecule has 0 aliphatic carbocycles. The van der Waals surface area contributed by atoms with E-state index >= 15 is 0 Å². The molecule has 122 valence electrons. The fourth-order valence-electron chi connectivity index (χ4n) is 2.72. The molecule has 2 rings (SSSR count). The molecule has 1 saturated heterocycles. The largest absolute Gasteiger partial charge is 0.336 e. The summed E-state index contributed by atoms with van der Waals surface area (Å²) in [5.74, 6) is 0.0408. The summed E-state index contributed by atoms with van der Waals surface area (Å²) in [4.78, 5) is 16.7. The molecule has 1 aromatic rings. The molecule has 0 aromatic heterocycles. The normalized spacial score (nSPS) is 16.7. The third-order valence-corrected chi connectivity index (χ3v) is 4.69. The Morgan fingerprint density at radius 3 is 2.18 bits per heavy atom. The van der Waals surface area contributed by atoms with E-state index in [1.807, 2.05) is 4.90 Å². The maximum Gasteiger partial charge on any atom is 0.253 e. The summed E-state index contributed by atoms with van der Waals surface area (Å²) in [7, 11) is -3.04. The highest BCUT2D eigenvalue weighted by molar-refractivity contribution is 7.89. The fourth-order valence-corrected chi connectivity index (χ4v) is 3.52. The van der Waals surface area contributed by atoms with E-state index in [0.717, 1.165) is 39.1 Å². The number of carbonyl (C=O) groups excluding carboxylic acids is 1. The van der Waals surface area contributed by atoms with Crippen LogP contribution in [0.15, 0.2) is 24.3 Å². The van der Waals surface area contributed by atoms with E-state index in [2.05, 4.69) is 11.8 Å². The summed E-state index contributed by atoms with van der Waals surface area (Å²) < 4.78 is 22.5. The van der Waals surface area contributed by atoms with Crippen molar-refractivity contribution in [2.75, 3.05) is 39.0 Å². The van der Waals surface area contributed by atoms with Gasteiger partial charge in [-0.05, 0) is 30.7 Å². The second-order valence-electron chi connectivity index (χ2n) is 5.90. The molecule has 1 fully saturated rings. The van der Waals surface area contributed by atoms with Crippen LogP contribution in [0.3, 0.4) is 0 Å². The minimum absolute atomic E-state index is 0.0111. The minimum Gasteiger partial charge on any atom is -0.336 e. The number of piperazine rings is 1. The predicted molar refractivity (Wildman–Crippen MR) is 87.6 cm³/mol. The van der Waals surface area contributed by atoms with Crippen molar-refractivity contribution in [1.29, 1.82) is 0 Å². The van der Waals surface area contributed by atoms with E-state index in [1.165, 1.54) is 6.26 Å². The highest BCUT2D eigenvalue weighted by Crippen LogP contribution is 2.12. The quantitative estimate of drug-likeness (QED) is 0.821. The number of rotatable bonds is 5. The zero-order chi connectivity index (χ0) is 16.2. The molecule has 22 heavy (non-hydrogen) atoms. The van der Waals surface area contributed by atoms with Gasteiger partial charge in [-0.3, -0.25) is 9.69 Å². The van der Waals surface area contributed by atoms with Crippen LogP contribution < -0.4 is 0 Å². The van der Waals surface area contributed by atoms with Crippen LogP contribution in [0, 0.1) is 0 Å². The molecule has 0 bridgehead atoms. The number of hydrogen-bond acceptors (Lipinski definition) is 4. The molecular formula is C16H24N2O3S. The maximum absolute atomic E-state index is 12.4. The lowest BCUT2D eigenvalue weighted by Gasteiger charge is -2.34. The highest BCUT2D eigenvalue weighted by atomic mass is 32.2. The van der Waals surface area contributed by atoms with E-state index < -0.39 is 9.84 Å². The Kier molecular flexibility index (Phi) is 5.58. The second kappa shape index (κ2) is 7.24. The van der Waals surface area contributed by atoms with Crippen molar-refractivity contribution in [2.24, 2.45) is 0 Å². The van der Waals surface area contributed by atoms with Gasteiger partial charge in [-0.15, -0.1) is 0 Å². The lowest BCUT2D eigenvalue weighted by molar-refractivity contribution is 0.0637. The Labute approximate surface area is 132 Å². The minimum atomic E-state index is -3.04. The predicted octanol–water partition coefficient (Wildman–Crippen LogP) is 1.40. The van der Waals surface area contributed by atoms with Crippen LogP contribution in [-0.2, 0) is 15.6 Å². The molecule has 1 amide bonds. The van der Waals surface area contributed by atoms with Crippen molar-refractivity contribution in [1.82, 2.24) is 9.80 Å². The molecule has 5 nitrogen and oxygen atoms in total. The van der Waals surface area contributed by atoms with Gasteiger partial charge < -0.3 is 4.90 Å². The van der Waals surface area contributed by atoms with Crippen LogP contribution in [0.25, 0.3) is 0 Å². The lowest BCUT2D eigenvalue weighted by atomic mass is 10.1. The number of hydrogen-bond donors (Lipinski definition) is 0. The third-order valence-electron chi connectivity index (χ3n) is 3.83. The smallest absolute Gasteiger partial charge is 0.253 e. The molecule has 1 heterocycles. The number of nitrogens with zero attached hydrogens (tertiary/aromatic N) is 2. The van der Waals surface area contributed by atoms with Gasteiger partial charge in [0, 0.05) is 38.0 Å². The summed E-state index contributed by atoms with van der Waals surface area (Å²) in [6.45, 7) is 6.60. The maximum atomic E-state index is 12.4. The van der Waals surface area contributed by atoms with Crippen LogP contribution in [0.2, 0.25) is 0 Å². The van der Waals surface area contributed by atoms with E-state index in [9.17, 15) is 13.2 Å². The molecular weight excluding hydrogens is 300 g/mol. The Morgan fingerprint density at radius 1 is 1.09 bits per heavy atom. The summed E-state index contributed by atoms with van der Waals surface area (Å²) in [6.07, 6.45) is 2.34. The van der Waals surface area contributed by atoms with Crippen LogP contribution in [0.4, 0.5) is 0 Å². The number of benzene rings is 1. The van der Waals surface area contributed by atoms with Crippen molar-refractivity contribution in [3.05, 3.63) is 35.4 Å². The Bertz CT molecular complexity index is 603.